The molecular formula is C24H17N3O6S. The first-order valence-corrected chi connectivity index (χ1v) is 11.0. The quantitative estimate of drug-likeness (QED) is 0.298. The average Bonchev–Trinajstić information content (AvgIpc) is 3.44. The van der Waals surface area contributed by atoms with Gasteiger partial charge in [0.2, 0.25) is 0 Å². The van der Waals surface area contributed by atoms with Gasteiger partial charge in [0.15, 0.2) is 6.61 Å². The van der Waals surface area contributed by atoms with E-state index in [4.69, 9.17) is 14.4 Å². The topological polar surface area (TPSA) is 130 Å². The molecule has 0 saturated carbocycles. The zero-order chi connectivity index (χ0) is 24.1. The number of imide groups is 1. The molecule has 2 aromatic carbocycles. The summed E-state index contributed by atoms with van der Waals surface area (Å²) in [7, 11) is 0. The number of furan rings is 1. The van der Waals surface area contributed by atoms with Crippen molar-refractivity contribution in [2.24, 2.45) is 0 Å². The van der Waals surface area contributed by atoms with Crippen molar-refractivity contribution in [3.05, 3.63) is 83.3 Å². The Hall–Kier alpha value is -4.36. The third-order valence-corrected chi connectivity index (χ3v) is 5.83. The number of amides is 3. The number of anilines is 1. The number of rotatable bonds is 8. The molecule has 1 aromatic heterocycles. The average molecular weight is 475 g/mol. The van der Waals surface area contributed by atoms with E-state index in [1.165, 1.54) is 36.2 Å². The Kier molecular flexibility index (Phi) is 6.75. The predicted octanol–water partition coefficient (Wildman–Crippen LogP) is 3.49. The van der Waals surface area contributed by atoms with Gasteiger partial charge in [0, 0.05) is 4.90 Å². The summed E-state index contributed by atoms with van der Waals surface area (Å²) in [5.74, 6) is -1.72. The van der Waals surface area contributed by atoms with Crippen LogP contribution in [0.4, 0.5) is 5.69 Å². The summed E-state index contributed by atoms with van der Waals surface area (Å²) in [6.07, 6.45) is 1.45. The smallest absolute Gasteiger partial charge is 0.338 e. The van der Waals surface area contributed by atoms with Crippen molar-refractivity contribution in [3.63, 3.8) is 0 Å². The van der Waals surface area contributed by atoms with Crippen LogP contribution in [0.15, 0.2) is 70.2 Å². The maximum atomic E-state index is 12.7. The molecule has 0 aliphatic carbocycles. The molecule has 1 N–H and O–H groups in total. The second-order valence-electron chi connectivity index (χ2n) is 7.10. The van der Waals surface area contributed by atoms with Gasteiger partial charge in [-0.05, 0) is 42.5 Å². The van der Waals surface area contributed by atoms with E-state index in [0.717, 1.165) is 4.90 Å². The first-order valence-electron chi connectivity index (χ1n) is 10.1. The first kappa shape index (κ1) is 22.8. The largest absolute Gasteiger partial charge is 0.467 e. The molecule has 170 valence electrons. The van der Waals surface area contributed by atoms with Gasteiger partial charge in [-0.25, -0.2) is 4.79 Å². The maximum absolute atomic E-state index is 12.7. The lowest BCUT2D eigenvalue weighted by atomic mass is 10.1. The predicted molar refractivity (Wildman–Crippen MR) is 121 cm³/mol. The number of ether oxygens (including phenoxy) is 1. The minimum absolute atomic E-state index is 0.0204. The third kappa shape index (κ3) is 4.84. The molecule has 0 radical (unpaired) electrons. The minimum Gasteiger partial charge on any atom is -0.467 e. The molecule has 0 bridgehead atoms. The Balaban J connectivity index is 1.39. The number of hydrogen-bond donors (Lipinski definition) is 1. The summed E-state index contributed by atoms with van der Waals surface area (Å²) < 4.78 is 10.3. The Morgan fingerprint density at radius 1 is 1.06 bits per heavy atom. The van der Waals surface area contributed by atoms with E-state index in [-0.39, 0.29) is 29.0 Å². The van der Waals surface area contributed by atoms with Gasteiger partial charge in [0.1, 0.15) is 5.76 Å². The van der Waals surface area contributed by atoms with Crippen LogP contribution in [-0.4, -0.2) is 41.0 Å². The number of hydrogen-bond acceptors (Lipinski definition) is 8. The molecular weight excluding hydrogens is 458 g/mol. The fourth-order valence-electron chi connectivity index (χ4n) is 3.33. The number of nitriles is 1. The van der Waals surface area contributed by atoms with E-state index >= 15 is 0 Å². The summed E-state index contributed by atoms with van der Waals surface area (Å²) in [5, 5.41) is 11.4. The highest BCUT2D eigenvalue weighted by molar-refractivity contribution is 7.99. The molecule has 0 spiro atoms. The second kappa shape index (κ2) is 10.1. The van der Waals surface area contributed by atoms with Gasteiger partial charge in [-0.2, -0.15) is 5.26 Å². The van der Waals surface area contributed by atoms with E-state index in [1.807, 2.05) is 6.07 Å². The normalized spacial score (nSPS) is 12.3. The Morgan fingerprint density at radius 2 is 1.85 bits per heavy atom. The Morgan fingerprint density at radius 3 is 2.62 bits per heavy atom. The van der Waals surface area contributed by atoms with Crippen molar-refractivity contribution >= 4 is 41.1 Å². The maximum Gasteiger partial charge on any atom is 0.338 e. The van der Waals surface area contributed by atoms with Crippen LogP contribution in [0, 0.1) is 11.3 Å². The van der Waals surface area contributed by atoms with Gasteiger partial charge in [-0.3, -0.25) is 19.3 Å². The highest BCUT2D eigenvalue weighted by Crippen LogP contribution is 2.27. The number of carbonyl (C=O) groups is 4. The van der Waals surface area contributed by atoms with Crippen LogP contribution in [0.2, 0.25) is 0 Å². The standard InChI is InChI=1S/C24H17N3O6S/c25-9-11-34-20-6-2-1-5-19(20)26-21(28)14-33-24(31)15-7-8-17-18(12-15)23(30)27(22(17)29)13-16-4-3-10-32-16/h1-8,10,12H,11,13-14H2,(H,26,28). The van der Waals surface area contributed by atoms with Crippen molar-refractivity contribution in [2.45, 2.75) is 11.4 Å². The van der Waals surface area contributed by atoms with Crippen LogP contribution in [0.3, 0.4) is 0 Å². The van der Waals surface area contributed by atoms with E-state index in [2.05, 4.69) is 5.32 Å². The van der Waals surface area contributed by atoms with E-state index < -0.39 is 30.3 Å². The summed E-state index contributed by atoms with van der Waals surface area (Å²) in [6.45, 7) is -0.571. The molecule has 0 atom stereocenters. The van der Waals surface area contributed by atoms with Crippen molar-refractivity contribution in [2.75, 3.05) is 17.7 Å². The zero-order valence-electron chi connectivity index (χ0n) is 17.6. The molecule has 34 heavy (non-hydrogen) atoms. The van der Waals surface area contributed by atoms with Gasteiger partial charge < -0.3 is 14.5 Å². The van der Waals surface area contributed by atoms with Crippen molar-refractivity contribution in [1.29, 1.82) is 5.26 Å². The lowest BCUT2D eigenvalue weighted by molar-refractivity contribution is -0.119. The van der Waals surface area contributed by atoms with E-state index in [0.29, 0.717) is 16.3 Å². The number of fused-ring (bicyclic) bond motifs is 1. The monoisotopic (exact) mass is 475 g/mol. The highest BCUT2D eigenvalue weighted by Gasteiger charge is 2.36. The molecule has 9 nitrogen and oxygen atoms in total. The number of thioether (sulfide) groups is 1. The lowest BCUT2D eigenvalue weighted by Gasteiger charge is -2.11. The van der Waals surface area contributed by atoms with Gasteiger partial charge >= 0.3 is 5.97 Å². The lowest BCUT2D eigenvalue weighted by Crippen LogP contribution is -2.28. The van der Waals surface area contributed by atoms with E-state index in [1.54, 1.807) is 36.4 Å². The number of carbonyl (C=O) groups excluding carboxylic acids is 4. The van der Waals surface area contributed by atoms with Gasteiger partial charge in [-0.1, -0.05) is 12.1 Å². The van der Waals surface area contributed by atoms with Crippen molar-refractivity contribution in [1.82, 2.24) is 4.90 Å². The highest BCUT2D eigenvalue weighted by atomic mass is 32.2. The minimum atomic E-state index is -0.810. The van der Waals surface area contributed by atoms with Gasteiger partial charge in [0.05, 0.1) is 47.0 Å². The molecule has 10 heteroatoms. The number of esters is 1. The molecule has 0 fully saturated rings. The molecule has 3 amide bonds. The van der Waals surface area contributed by atoms with Crippen LogP contribution in [0.5, 0.6) is 0 Å². The number of nitrogens with zero attached hydrogens (tertiary/aromatic N) is 2. The SMILES string of the molecule is N#CCSc1ccccc1NC(=O)COC(=O)c1ccc2c(c1)C(=O)N(Cc1ccco1)C2=O. The van der Waals surface area contributed by atoms with Crippen LogP contribution in [-0.2, 0) is 16.1 Å². The van der Waals surface area contributed by atoms with E-state index in [9.17, 15) is 19.2 Å². The first-order chi connectivity index (χ1) is 16.5. The summed E-state index contributed by atoms with van der Waals surface area (Å²) >= 11 is 1.27. The fourth-order valence-corrected chi connectivity index (χ4v) is 4.00. The summed E-state index contributed by atoms with van der Waals surface area (Å²) in [4.78, 5) is 51.8. The van der Waals surface area contributed by atoms with Crippen LogP contribution < -0.4 is 5.32 Å². The van der Waals surface area contributed by atoms with Crippen LogP contribution in [0.1, 0.15) is 36.8 Å². The fraction of sp³-hybridized carbons (Fsp3) is 0.125. The number of nitrogens with one attached hydrogen (secondary N) is 1. The van der Waals surface area contributed by atoms with Crippen molar-refractivity contribution < 1.29 is 28.3 Å². The molecule has 3 aromatic rings. The summed E-state index contributed by atoms with van der Waals surface area (Å²) in [5.41, 5.74) is 0.802. The molecule has 1 aliphatic heterocycles. The van der Waals surface area contributed by atoms with Crippen molar-refractivity contribution in [3.8, 4) is 6.07 Å². The molecule has 1 aliphatic rings. The molecule has 4 rings (SSSR count). The van der Waals surface area contributed by atoms with Gasteiger partial charge in [0.25, 0.3) is 17.7 Å². The molecule has 0 unspecified atom stereocenters. The summed E-state index contributed by atoms with van der Waals surface area (Å²) in [6, 6.07) is 16.3. The van der Waals surface area contributed by atoms with Gasteiger partial charge in [-0.15, -0.1) is 11.8 Å². The van der Waals surface area contributed by atoms with Crippen LogP contribution >= 0.6 is 11.8 Å². The van der Waals surface area contributed by atoms with Crippen LogP contribution in [0.25, 0.3) is 0 Å². The zero-order valence-corrected chi connectivity index (χ0v) is 18.5. The Bertz CT molecular complexity index is 1310. The number of para-hydroxylation sites is 1. The Labute approximate surface area is 198 Å². The second-order valence-corrected chi connectivity index (χ2v) is 8.12. The molecule has 2 heterocycles. The molecule has 0 saturated heterocycles. The third-order valence-electron chi connectivity index (χ3n) is 4.89. The number of benzene rings is 2.